The summed E-state index contributed by atoms with van der Waals surface area (Å²) >= 11 is 0. The van der Waals surface area contributed by atoms with Crippen molar-refractivity contribution >= 4 is 0 Å². The minimum atomic E-state index is 0.0421. The van der Waals surface area contributed by atoms with E-state index in [0.29, 0.717) is 72.7 Å². The van der Waals surface area contributed by atoms with E-state index in [0.717, 1.165) is 18.9 Å². The van der Waals surface area contributed by atoms with Crippen molar-refractivity contribution in [1.29, 1.82) is 0 Å². The molecule has 1 unspecified atom stereocenters. The van der Waals surface area contributed by atoms with Crippen molar-refractivity contribution in [3.8, 4) is 0 Å². The summed E-state index contributed by atoms with van der Waals surface area (Å²) in [5.74, 6) is 0.744. The van der Waals surface area contributed by atoms with Crippen LogP contribution in [0.3, 0.4) is 0 Å². The maximum atomic E-state index is 8.52. The van der Waals surface area contributed by atoms with E-state index in [-0.39, 0.29) is 6.61 Å². The van der Waals surface area contributed by atoms with Crippen LogP contribution in [0, 0.1) is 5.92 Å². The third-order valence-electron chi connectivity index (χ3n) is 3.63. The van der Waals surface area contributed by atoms with Gasteiger partial charge in [0, 0.05) is 6.61 Å². The van der Waals surface area contributed by atoms with Crippen LogP contribution >= 0.6 is 0 Å². The lowest BCUT2D eigenvalue weighted by Gasteiger charge is -2.10. The normalized spacial score (nSPS) is 12.6. The predicted octanol–water partition coefficient (Wildman–Crippen LogP) is 1.90. The predicted molar refractivity (Wildman–Crippen MR) is 101 cm³/mol. The van der Waals surface area contributed by atoms with Crippen molar-refractivity contribution in [3.05, 3.63) is 0 Å². The molecule has 1 N–H and O–H groups in total. The van der Waals surface area contributed by atoms with E-state index in [1.54, 1.807) is 0 Å². The third-order valence-corrected chi connectivity index (χ3v) is 3.63. The van der Waals surface area contributed by atoms with Crippen molar-refractivity contribution < 1.29 is 33.5 Å². The Hall–Kier alpha value is -0.280. The molecular formula is C19H40O7. The molecule has 0 aromatic heterocycles. The van der Waals surface area contributed by atoms with E-state index in [9.17, 15) is 0 Å². The van der Waals surface area contributed by atoms with Crippen LogP contribution in [-0.4, -0.2) is 91.0 Å². The van der Waals surface area contributed by atoms with Crippen molar-refractivity contribution in [2.45, 2.75) is 33.1 Å². The van der Waals surface area contributed by atoms with Crippen LogP contribution in [-0.2, 0) is 28.4 Å². The van der Waals surface area contributed by atoms with Gasteiger partial charge in [-0.15, -0.1) is 0 Å². The van der Waals surface area contributed by atoms with Crippen LogP contribution in [0.2, 0.25) is 0 Å². The molecule has 0 heterocycles. The second kappa shape index (κ2) is 22.8. The highest BCUT2D eigenvalue weighted by molar-refractivity contribution is 4.50. The topological polar surface area (TPSA) is 75.6 Å². The van der Waals surface area contributed by atoms with Gasteiger partial charge in [-0.2, -0.15) is 0 Å². The first-order valence-electron chi connectivity index (χ1n) is 9.88. The monoisotopic (exact) mass is 380 g/mol. The number of hydrogen-bond donors (Lipinski definition) is 1. The van der Waals surface area contributed by atoms with Gasteiger partial charge in [0.2, 0.25) is 0 Å². The zero-order chi connectivity index (χ0) is 19.1. The average Bonchev–Trinajstić information content (AvgIpc) is 2.64. The molecule has 0 aliphatic rings. The minimum absolute atomic E-state index is 0.0421. The van der Waals surface area contributed by atoms with Gasteiger partial charge < -0.3 is 33.5 Å². The first kappa shape index (κ1) is 25.7. The molecule has 158 valence electrons. The number of aliphatic hydroxyl groups excluding tert-OH is 1. The Bertz CT molecular complexity index is 254. The molecule has 0 aliphatic heterocycles. The van der Waals surface area contributed by atoms with E-state index >= 15 is 0 Å². The first-order valence-corrected chi connectivity index (χ1v) is 9.88. The number of ether oxygens (including phenoxy) is 6. The lowest BCUT2D eigenvalue weighted by molar-refractivity contribution is -0.0185. The molecule has 0 bridgehead atoms. The fraction of sp³-hybridized carbons (Fsp3) is 1.00. The maximum absolute atomic E-state index is 8.52. The molecule has 0 aromatic rings. The maximum Gasteiger partial charge on any atom is 0.0701 e. The van der Waals surface area contributed by atoms with Gasteiger partial charge in [0.15, 0.2) is 0 Å². The van der Waals surface area contributed by atoms with Crippen LogP contribution in [0.1, 0.15) is 33.1 Å². The Labute approximate surface area is 159 Å². The van der Waals surface area contributed by atoms with Crippen molar-refractivity contribution in [1.82, 2.24) is 0 Å². The van der Waals surface area contributed by atoms with Crippen molar-refractivity contribution in [3.63, 3.8) is 0 Å². The molecule has 0 spiro atoms. The zero-order valence-electron chi connectivity index (χ0n) is 16.8. The lowest BCUT2D eigenvalue weighted by atomic mass is 10.0. The Morgan fingerprint density at radius 1 is 0.538 bits per heavy atom. The highest BCUT2D eigenvalue weighted by atomic mass is 16.6. The van der Waals surface area contributed by atoms with Gasteiger partial charge in [-0.3, -0.25) is 0 Å². The SMILES string of the molecule is CCCC(C)CCOCCOCCOCCOCCOCCOCCO. The summed E-state index contributed by atoms with van der Waals surface area (Å²) in [6.07, 6.45) is 3.64. The summed E-state index contributed by atoms with van der Waals surface area (Å²) in [4.78, 5) is 0. The quantitative estimate of drug-likeness (QED) is 0.288. The molecule has 7 heteroatoms. The molecule has 0 radical (unpaired) electrons. The first-order chi connectivity index (χ1) is 12.8. The van der Waals surface area contributed by atoms with Gasteiger partial charge in [0.05, 0.1) is 79.3 Å². The minimum Gasteiger partial charge on any atom is -0.394 e. The molecule has 0 aliphatic carbocycles. The van der Waals surface area contributed by atoms with E-state index in [1.807, 2.05) is 0 Å². The molecule has 26 heavy (non-hydrogen) atoms. The summed E-state index contributed by atoms with van der Waals surface area (Å²) < 4.78 is 32.2. The van der Waals surface area contributed by atoms with Crippen LogP contribution in [0.25, 0.3) is 0 Å². The molecule has 0 fully saturated rings. The summed E-state index contributed by atoms with van der Waals surface area (Å²) in [5, 5.41) is 8.52. The molecule has 0 rings (SSSR count). The van der Waals surface area contributed by atoms with Crippen LogP contribution in [0.15, 0.2) is 0 Å². The van der Waals surface area contributed by atoms with Gasteiger partial charge in [0.1, 0.15) is 0 Å². The average molecular weight is 381 g/mol. The highest BCUT2D eigenvalue weighted by Gasteiger charge is 2.00. The zero-order valence-corrected chi connectivity index (χ0v) is 16.8. The standard InChI is InChI=1S/C19H40O7/c1-3-4-19(2)5-7-21-9-11-23-13-15-25-17-18-26-16-14-24-12-10-22-8-6-20/h19-20H,3-18H2,1-2H3. The Balaban J connectivity index is 3.01. The summed E-state index contributed by atoms with van der Waals surface area (Å²) in [7, 11) is 0. The molecule has 0 saturated carbocycles. The largest absolute Gasteiger partial charge is 0.394 e. The molecule has 0 amide bonds. The van der Waals surface area contributed by atoms with E-state index in [1.165, 1.54) is 12.8 Å². The molecule has 0 aromatic carbocycles. The van der Waals surface area contributed by atoms with E-state index in [4.69, 9.17) is 33.5 Å². The summed E-state index contributed by atoms with van der Waals surface area (Å²) in [6.45, 7) is 11.3. The lowest BCUT2D eigenvalue weighted by Crippen LogP contribution is -2.14. The second-order valence-electron chi connectivity index (χ2n) is 6.08. The van der Waals surface area contributed by atoms with Crippen LogP contribution < -0.4 is 0 Å². The van der Waals surface area contributed by atoms with E-state index < -0.39 is 0 Å². The van der Waals surface area contributed by atoms with Gasteiger partial charge in [-0.1, -0.05) is 26.7 Å². The Kier molecular flexibility index (Phi) is 22.5. The highest BCUT2D eigenvalue weighted by Crippen LogP contribution is 2.09. The van der Waals surface area contributed by atoms with Gasteiger partial charge in [-0.05, 0) is 12.3 Å². The molecular weight excluding hydrogens is 340 g/mol. The Morgan fingerprint density at radius 2 is 0.885 bits per heavy atom. The second-order valence-corrected chi connectivity index (χ2v) is 6.08. The van der Waals surface area contributed by atoms with Gasteiger partial charge in [-0.25, -0.2) is 0 Å². The van der Waals surface area contributed by atoms with Crippen LogP contribution in [0.4, 0.5) is 0 Å². The summed E-state index contributed by atoms with van der Waals surface area (Å²) in [5.41, 5.74) is 0. The number of rotatable bonds is 22. The van der Waals surface area contributed by atoms with Gasteiger partial charge >= 0.3 is 0 Å². The fourth-order valence-electron chi connectivity index (χ4n) is 2.19. The number of aliphatic hydroxyl groups is 1. The van der Waals surface area contributed by atoms with E-state index in [2.05, 4.69) is 13.8 Å². The summed E-state index contributed by atoms with van der Waals surface area (Å²) in [6, 6.07) is 0. The molecule has 0 saturated heterocycles. The van der Waals surface area contributed by atoms with Crippen LogP contribution in [0.5, 0.6) is 0 Å². The molecule has 7 nitrogen and oxygen atoms in total. The van der Waals surface area contributed by atoms with Crippen molar-refractivity contribution in [2.75, 3.05) is 85.9 Å². The fourth-order valence-corrected chi connectivity index (χ4v) is 2.19. The van der Waals surface area contributed by atoms with Crippen molar-refractivity contribution in [2.24, 2.45) is 5.92 Å². The smallest absolute Gasteiger partial charge is 0.0701 e. The number of hydrogen-bond acceptors (Lipinski definition) is 7. The van der Waals surface area contributed by atoms with Gasteiger partial charge in [0.25, 0.3) is 0 Å². The Morgan fingerprint density at radius 3 is 1.23 bits per heavy atom. The molecule has 1 atom stereocenters. The third kappa shape index (κ3) is 21.8.